The van der Waals surface area contributed by atoms with Crippen LogP contribution in [0.4, 0.5) is 5.82 Å². The molecule has 5 nitrogen and oxygen atoms in total. The van der Waals surface area contributed by atoms with Crippen LogP contribution in [0, 0.1) is 0 Å². The van der Waals surface area contributed by atoms with Crippen molar-refractivity contribution in [2.24, 2.45) is 5.73 Å². The summed E-state index contributed by atoms with van der Waals surface area (Å²) in [5.74, 6) is 0.308. The molecule has 0 spiro atoms. The topological polar surface area (TPSA) is 88.2 Å². The number of amides is 1. The van der Waals surface area contributed by atoms with Crippen molar-refractivity contribution >= 4 is 11.7 Å². The van der Waals surface area contributed by atoms with Crippen LogP contribution < -0.4 is 11.1 Å². The van der Waals surface area contributed by atoms with Gasteiger partial charge in [0.05, 0.1) is 12.6 Å². The van der Waals surface area contributed by atoms with Crippen molar-refractivity contribution in [1.82, 2.24) is 4.98 Å². The second-order valence-corrected chi connectivity index (χ2v) is 2.95. The van der Waals surface area contributed by atoms with Gasteiger partial charge in [-0.1, -0.05) is 6.07 Å². The molecule has 14 heavy (non-hydrogen) atoms. The van der Waals surface area contributed by atoms with Gasteiger partial charge < -0.3 is 16.2 Å². The van der Waals surface area contributed by atoms with E-state index in [2.05, 4.69) is 10.3 Å². The second-order valence-electron chi connectivity index (χ2n) is 2.95. The lowest BCUT2D eigenvalue weighted by Crippen LogP contribution is -2.15. The lowest BCUT2D eigenvalue weighted by atomic mass is 10.1. The van der Waals surface area contributed by atoms with E-state index in [1.807, 2.05) is 0 Å². The first-order valence-corrected chi connectivity index (χ1v) is 4.23. The Morgan fingerprint density at radius 1 is 1.71 bits per heavy atom. The Kier molecular flexibility index (Phi) is 3.55. The van der Waals surface area contributed by atoms with Crippen LogP contribution in [0.5, 0.6) is 0 Å². The van der Waals surface area contributed by atoms with Crippen LogP contribution in [0.25, 0.3) is 0 Å². The first kappa shape index (κ1) is 10.6. The van der Waals surface area contributed by atoms with Gasteiger partial charge in [0.1, 0.15) is 5.82 Å². The van der Waals surface area contributed by atoms with Crippen LogP contribution in [0.3, 0.4) is 0 Å². The predicted molar refractivity (Wildman–Crippen MR) is 52.6 cm³/mol. The van der Waals surface area contributed by atoms with Crippen LogP contribution in [0.1, 0.15) is 18.5 Å². The van der Waals surface area contributed by atoms with E-state index in [0.29, 0.717) is 5.82 Å². The summed E-state index contributed by atoms with van der Waals surface area (Å²) in [5, 5.41) is 11.3. The highest BCUT2D eigenvalue weighted by Gasteiger charge is 2.04. The maximum absolute atomic E-state index is 10.7. The minimum atomic E-state index is -0.422. The third kappa shape index (κ3) is 2.79. The van der Waals surface area contributed by atoms with Gasteiger partial charge in [0.25, 0.3) is 0 Å². The van der Waals surface area contributed by atoms with E-state index in [4.69, 9.17) is 10.8 Å². The first-order valence-electron chi connectivity index (χ1n) is 4.23. The fraction of sp³-hybridized carbons (Fsp3) is 0.333. The number of pyridine rings is 1. The summed E-state index contributed by atoms with van der Waals surface area (Å²) in [5.41, 5.74) is 6.31. The quantitative estimate of drug-likeness (QED) is 0.635. The molecule has 1 amide bonds. The predicted octanol–water partition coefficient (Wildman–Crippen LogP) is 0.0321. The fourth-order valence-corrected chi connectivity index (χ4v) is 0.984. The summed E-state index contributed by atoms with van der Waals surface area (Å²) in [6, 6.07) is 2.94. The van der Waals surface area contributed by atoms with Gasteiger partial charge in [-0.25, -0.2) is 4.98 Å². The average Bonchev–Trinajstić information content (AvgIpc) is 2.17. The maximum atomic E-state index is 10.7. The SMILES string of the molecule is CC(=O)Nc1ccc(C(N)CO)cn1. The van der Waals surface area contributed by atoms with Gasteiger partial charge in [-0.3, -0.25) is 4.79 Å². The molecule has 1 unspecified atom stereocenters. The molecule has 5 heteroatoms. The number of nitrogens with two attached hydrogens (primary N) is 1. The molecule has 0 aliphatic carbocycles. The minimum Gasteiger partial charge on any atom is -0.394 e. The Morgan fingerprint density at radius 3 is 2.86 bits per heavy atom. The van der Waals surface area contributed by atoms with Crippen LogP contribution in [-0.4, -0.2) is 22.6 Å². The number of nitrogens with one attached hydrogen (secondary N) is 1. The summed E-state index contributed by atoms with van der Waals surface area (Å²) in [4.78, 5) is 14.6. The van der Waals surface area contributed by atoms with Crippen molar-refractivity contribution in [3.63, 3.8) is 0 Å². The molecular formula is C9H13N3O2. The monoisotopic (exact) mass is 195 g/mol. The van der Waals surface area contributed by atoms with E-state index < -0.39 is 6.04 Å². The number of hydrogen-bond acceptors (Lipinski definition) is 4. The van der Waals surface area contributed by atoms with Crippen LogP contribution in [0.15, 0.2) is 18.3 Å². The maximum Gasteiger partial charge on any atom is 0.222 e. The van der Waals surface area contributed by atoms with Crippen LogP contribution in [-0.2, 0) is 4.79 Å². The van der Waals surface area contributed by atoms with Crippen LogP contribution >= 0.6 is 0 Å². The fourth-order valence-electron chi connectivity index (χ4n) is 0.984. The van der Waals surface area contributed by atoms with E-state index in [1.165, 1.54) is 13.1 Å². The van der Waals surface area contributed by atoms with Gasteiger partial charge in [0, 0.05) is 13.1 Å². The van der Waals surface area contributed by atoms with Crippen molar-refractivity contribution in [2.45, 2.75) is 13.0 Å². The van der Waals surface area contributed by atoms with Crippen molar-refractivity contribution in [3.05, 3.63) is 23.9 Å². The molecule has 0 saturated heterocycles. The number of hydrogen-bond donors (Lipinski definition) is 3. The van der Waals surface area contributed by atoms with Crippen molar-refractivity contribution in [1.29, 1.82) is 0 Å². The number of carbonyl (C=O) groups is 1. The number of carbonyl (C=O) groups excluding carboxylic acids is 1. The molecule has 0 bridgehead atoms. The lowest BCUT2D eigenvalue weighted by Gasteiger charge is -2.08. The number of aromatic nitrogens is 1. The molecule has 0 fully saturated rings. The zero-order chi connectivity index (χ0) is 10.6. The van der Waals surface area contributed by atoms with Gasteiger partial charge in [-0.15, -0.1) is 0 Å². The normalized spacial score (nSPS) is 12.2. The zero-order valence-electron chi connectivity index (χ0n) is 7.90. The van der Waals surface area contributed by atoms with Crippen molar-refractivity contribution in [2.75, 3.05) is 11.9 Å². The van der Waals surface area contributed by atoms with Crippen molar-refractivity contribution in [3.8, 4) is 0 Å². The second kappa shape index (κ2) is 4.69. The average molecular weight is 195 g/mol. The standard InChI is InChI=1S/C9H13N3O2/c1-6(14)12-9-3-2-7(4-11-9)8(10)5-13/h2-4,8,13H,5,10H2,1H3,(H,11,12,14). The molecule has 4 N–H and O–H groups in total. The third-order valence-corrected chi connectivity index (χ3v) is 1.72. The highest BCUT2D eigenvalue weighted by atomic mass is 16.3. The third-order valence-electron chi connectivity index (χ3n) is 1.72. The molecule has 1 atom stereocenters. The molecule has 0 aliphatic heterocycles. The van der Waals surface area contributed by atoms with E-state index in [1.54, 1.807) is 12.1 Å². The van der Waals surface area contributed by atoms with Gasteiger partial charge in [-0.05, 0) is 11.6 Å². The van der Waals surface area contributed by atoms with Gasteiger partial charge in [-0.2, -0.15) is 0 Å². The molecule has 0 saturated carbocycles. The molecule has 0 aromatic carbocycles. The number of nitrogens with zero attached hydrogens (tertiary/aromatic N) is 1. The Labute approximate surface area is 82.0 Å². The molecule has 1 aromatic heterocycles. The Morgan fingerprint density at radius 2 is 2.43 bits per heavy atom. The summed E-state index contributed by atoms with van der Waals surface area (Å²) in [6.45, 7) is 1.29. The summed E-state index contributed by atoms with van der Waals surface area (Å²) < 4.78 is 0. The Balaban J connectivity index is 2.73. The van der Waals surface area contributed by atoms with E-state index >= 15 is 0 Å². The van der Waals surface area contributed by atoms with Gasteiger partial charge in [0.2, 0.25) is 5.91 Å². The highest BCUT2D eigenvalue weighted by Crippen LogP contribution is 2.10. The number of aliphatic hydroxyl groups is 1. The lowest BCUT2D eigenvalue weighted by molar-refractivity contribution is -0.114. The molecule has 0 aliphatic rings. The molecular weight excluding hydrogens is 182 g/mol. The number of rotatable bonds is 3. The summed E-state index contributed by atoms with van der Waals surface area (Å²) in [7, 11) is 0. The van der Waals surface area contributed by atoms with Crippen molar-refractivity contribution < 1.29 is 9.90 Å². The highest BCUT2D eigenvalue weighted by molar-refractivity contribution is 5.87. The van der Waals surface area contributed by atoms with E-state index in [0.717, 1.165) is 5.56 Å². The molecule has 1 aromatic rings. The first-order chi connectivity index (χ1) is 6.63. The molecule has 76 valence electrons. The molecule has 1 rings (SSSR count). The minimum absolute atomic E-state index is 0.124. The van der Waals surface area contributed by atoms with Crippen LogP contribution in [0.2, 0.25) is 0 Å². The molecule has 1 heterocycles. The number of anilines is 1. The Bertz CT molecular complexity index is 310. The van der Waals surface area contributed by atoms with Gasteiger partial charge in [0.15, 0.2) is 0 Å². The van der Waals surface area contributed by atoms with Gasteiger partial charge >= 0.3 is 0 Å². The largest absolute Gasteiger partial charge is 0.394 e. The number of aliphatic hydroxyl groups excluding tert-OH is 1. The van der Waals surface area contributed by atoms with E-state index in [9.17, 15) is 4.79 Å². The molecule has 0 radical (unpaired) electrons. The smallest absolute Gasteiger partial charge is 0.222 e. The Hall–Kier alpha value is -1.46. The summed E-state index contributed by atoms with van der Waals surface area (Å²) >= 11 is 0. The van der Waals surface area contributed by atoms with E-state index in [-0.39, 0.29) is 12.5 Å². The zero-order valence-corrected chi connectivity index (χ0v) is 7.90. The summed E-state index contributed by atoms with van der Waals surface area (Å²) in [6.07, 6.45) is 1.53.